The summed E-state index contributed by atoms with van der Waals surface area (Å²) in [6.07, 6.45) is 0.619. The maximum absolute atomic E-state index is 10.4. The van der Waals surface area contributed by atoms with Gasteiger partial charge in [-0.2, -0.15) is 0 Å². The Morgan fingerprint density at radius 3 is 2.56 bits per heavy atom. The first-order valence-electron chi connectivity index (χ1n) is 8.96. The van der Waals surface area contributed by atoms with E-state index >= 15 is 0 Å². The summed E-state index contributed by atoms with van der Waals surface area (Å²) >= 11 is 0. The van der Waals surface area contributed by atoms with Gasteiger partial charge in [0, 0.05) is 36.4 Å². The van der Waals surface area contributed by atoms with Crippen LogP contribution in [0.1, 0.15) is 13.3 Å². The van der Waals surface area contributed by atoms with E-state index in [1.54, 1.807) is 18.2 Å². The highest BCUT2D eigenvalue weighted by molar-refractivity contribution is 5.72. The number of phenols is 1. The Morgan fingerprint density at radius 2 is 1.85 bits per heavy atom. The monoisotopic (exact) mass is 365 g/mol. The quantitative estimate of drug-likeness (QED) is 0.528. The fourth-order valence-corrected chi connectivity index (χ4v) is 2.67. The van der Waals surface area contributed by atoms with Crippen LogP contribution < -0.4 is 10.1 Å². The minimum Gasteiger partial charge on any atom is -0.507 e. The van der Waals surface area contributed by atoms with Crippen LogP contribution in [0.5, 0.6) is 11.5 Å². The molecule has 0 aliphatic heterocycles. The lowest BCUT2D eigenvalue weighted by Crippen LogP contribution is -2.06. The minimum absolute atomic E-state index is 0.0972. The van der Waals surface area contributed by atoms with Gasteiger partial charge in [-0.05, 0) is 25.5 Å². The van der Waals surface area contributed by atoms with Gasteiger partial charge < -0.3 is 20.3 Å². The van der Waals surface area contributed by atoms with Crippen LogP contribution in [-0.4, -0.2) is 39.9 Å². The second kappa shape index (κ2) is 9.00. The van der Waals surface area contributed by atoms with Gasteiger partial charge in [-0.1, -0.05) is 30.3 Å². The van der Waals surface area contributed by atoms with Gasteiger partial charge in [0.25, 0.3) is 0 Å². The van der Waals surface area contributed by atoms with Gasteiger partial charge in [0.05, 0.1) is 12.3 Å². The molecule has 6 heteroatoms. The van der Waals surface area contributed by atoms with E-state index in [4.69, 9.17) is 9.84 Å². The van der Waals surface area contributed by atoms with E-state index in [9.17, 15) is 5.11 Å². The highest BCUT2D eigenvalue weighted by atomic mass is 16.5. The van der Waals surface area contributed by atoms with Crippen LogP contribution in [0, 0.1) is 0 Å². The van der Waals surface area contributed by atoms with Crippen LogP contribution in [0.4, 0.5) is 5.82 Å². The summed E-state index contributed by atoms with van der Waals surface area (Å²) in [7, 11) is 0. The number of aliphatic hydroxyl groups excluding tert-OH is 1. The maximum Gasteiger partial charge on any atom is 0.162 e. The Balaban J connectivity index is 2.02. The van der Waals surface area contributed by atoms with Crippen molar-refractivity contribution in [1.82, 2.24) is 9.97 Å². The van der Waals surface area contributed by atoms with Gasteiger partial charge in [0.15, 0.2) is 5.82 Å². The second-order valence-corrected chi connectivity index (χ2v) is 5.94. The minimum atomic E-state index is 0.0972. The molecule has 1 heterocycles. The van der Waals surface area contributed by atoms with Crippen LogP contribution in [0.3, 0.4) is 0 Å². The summed E-state index contributed by atoms with van der Waals surface area (Å²) in [5.41, 5.74) is 2.09. The first kappa shape index (κ1) is 18.7. The zero-order valence-electron chi connectivity index (χ0n) is 15.2. The smallest absolute Gasteiger partial charge is 0.162 e. The van der Waals surface area contributed by atoms with Gasteiger partial charge >= 0.3 is 0 Å². The van der Waals surface area contributed by atoms with Crippen LogP contribution in [-0.2, 0) is 0 Å². The number of phenolic OH excluding ortho intramolecular Hbond substituents is 1. The third kappa shape index (κ3) is 4.74. The molecule has 0 spiro atoms. The summed E-state index contributed by atoms with van der Waals surface area (Å²) in [6.45, 7) is 3.13. The molecule has 2 aromatic carbocycles. The lowest BCUT2D eigenvalue weighted by molar-refractivity contribution is 0.292. The van der Waals surface area contributed by atoms with E-state index in [2.05, 4.69) is 15.3 Å². The molecule has 3 N–H and O–H groups in total. The molecule has 140 valence electrons. The van der Waals surface area contributed by atoms with Crippen LogP contribution in [0.25, 0.3) is 22.6 Å². The highest BCUT2D eigenvalue weighted by Gasteiger charge is 2.12. The number of benzene rings is 2. The van der Waals surface area contributed by atoms with Crippen LogP contribution in [0.2, 0.25) is 0 Å². The number of aromatic hydroxyl groups is 1. The molecule has 1 aromatic heterocycles. The van der Waals surface area contributed by atoms with Crippen molar-refractivity contribution in [2.24, 2.45) is 0 Å². The number of hydrogen-bond donors (Lipinski definition) is 3. The molecule has 0 saturated heterocycles. The molecule has 3 rings (SSSR count). The molecule has 0 unspecified atom stereocenters. The van der Waals surface area contributed by atoms with Crippen molar-refractivity contribution >= 4 is 5.82 Å². The summed E-state index contributed by atoms with van der Waals surface area (Å²) in [6, 6.07) is 16.6. The molecule has 27 heavy (non-hydrogen) atoms. The molecule has 0 fully saturated rings. The Hall–Kier alpha value is -3.12. The first-order chi connectivity index (χ1) is 13.2. The molecule has 6 nitrogen and oxygen atoms in total. The lowest BCUT2D eigenvalue weighted by atomic mass is 10.1. The molecule has 0 radical (unpaired) electrons. The normalized spacial score (nSPS) is 10.6. The Bertz CT molecular complexity index is 885. The van der Waals surface area contributed by atoms with Gasteiger partial charge in [-0.15, -0.1) is 0 Å². The number of aliphatic hydroxyl groups is 1. The molecule has 0 atom stereocenters. The standard InChI is InChI=1S/C21H23N3O3/c1-2-27-16-9-10-17(19(26)13-16)18-14-20(22-11-6-12-25)24-21(23-18)15-7-4-3-5-8-15/h3-5,7-10,13-14,25-26H,2,6,11-12H2,1H3,(H,22,23,24). The fraction of sp³-hybridized carbons (Fsp3) is 0.238. The Morgan fingerprint density at radius 1 is 1.04 bits per heavy atom. The summed E-state index contributed by atoms with van der Waals surface area (Å²) < 4.78 is 5.43. The van der Waals surface area contributed by atoms with E-state index in [1.165, 1.54) is 0 Å². The second-order valence-electron chi connectivity index (χ2n) is 5.94. The third-order valence-corrected chi connectivity index (χ3v) is 3.96. The van der Waals surface area contributed by atoms with E-state index < -0.39 is 0 Å². The van der Waals surface area contributed by atoms with Crippen LogP contribution >= 0.6 is 0 Å². The number of nitrogens with zero attached hydrogens (tertiary/aromatic N) is 2. The number of hydrogen-bond acceptors (Lipinski definition) is 6. The van der Waals surface area contributed by atoms with Crippen molar-refractivity contribution in [2.75, 3.05) is 25.1 Å². The summed E-state index contributed by atoms with van der Waals surface area (Å²) in [4.78, 5) is 9.20. The average molecular weight is 365 g/mol. The topological polar surface area (TPSA) is 87.5 Å². The number of rotatable bonds is 8. The van der Waals surface area contributed by atoms with Crippen LogP contribution in [0.15, 0.2) is 54.6 Å². The molecule has 0 amide bonds. The third-order valence-electron chi connectivity index (χ3n) is 3.96. The molecular formula is C21H23N3O3. The molecule has 0 aliphatic carbocycles. The Kier molecular flexibility index (Phi) is 6.22. The van der Waals surface area contributed by atoms with Crippen molar-refractivity contribution in [3.63, 3.8) is 0 Å². The molecule has 0 aliphatic rings. The van der Waals surface area contributed by atoms with Crippen molar-refractivity contribution in [3.05, 3.63) is 54.6 Å². The van der Waals surface area contributed by atoms with Gasteiger partial charge in [-0.25, -0.2) is 9.97 Å². The number of aromatic nitrogens is 2. The molecular weight excluding hydrogens is 342 g/mol. The largest absolute Gasteiger partial charge is 0.507 e. The van der Waals surface area contributed by atoms with Crippen molar-refractivity contribution in [3.8, 4) is 34.1 Å². The molecule has 3 aromatic rings. The molecule has 0 bridgehead atoms. The first-order valence-corrected chi connectivity index (χ1v) is 8.96. The molecule has 0 saturated carbocycles. The summed E-state index contributed by atoms with van der Waals surface area (Å²) in [5, 5.41) is 22.6. The van der Waals surface area contributed by atoms with Gasteiger partial charge in [0.1, 0.15) is 17.3 Å². The van der Waals surface area contributed by atoms with Crippen molar-refractivity contribution in [1.29, 1.82) is 0 Å². The predicted molar refractivity (Wildman–Crippen MR) is 106 cm³/mol. The number of anilines is 1. The maximum atomic E-state index is 10.4. The van der Waals surface area contributed by atoms with E-state index in [0.717, 1.165) is 5.56 Å². The van der Waals surface area contributed by atoms with E-state index in [-0.39, 0.29) is 12.4 Å². The summed E-state index contributed by atoms with van der Waals surface area (Å²) in [5.74, 6) is 1.91. The lowest BCUT2D eigenvalue weighted by Gasteiger charge is -2.12. The predicted octanol–water partition coefficient (Wildman–Crippen LogP) is 3.71. The van der Waals surface area contributed by atoms with Crippen molar-refractivity contribution < 1.29 is 14.9 Å². The Labute approximate surface area is 158 Å². The fourth-order valence-electron chi connectivity index (χ4n) is 2.67. The zero-order valence-corrected chi connectivity index (χ0v) is 15.2. The zero-order chi connectivity index (χ0) is 19.1. The van der Waals surface area contributed by atoms with E-state index in [0.29, 0.717) is 48.2 Å². The SMILES string of the molecule is CCOc1ccc(-c2cc(NCCCO)nc(-c3ccccc3)n2)c(O)c1. The number of nitrogens with one attached hydrogen (secondary N) is 1. The number of ether oxygens (including phenoxy) is 1. The van der Waals surface area contributed by atoms with Gasteiger partial charge in [0.2, 0.25) is 0 Å². The average Bonchev–Trinajstić information content (AvgIpc) is 2.69. The van der Waals surface area contributed by atoms with Crippen molar-refractivity contribution in [2.45, 2.75) is 13.3 Å². The van der Waals surface area contributed by atoms with E-state index in [1.807, 2.05) is 43.3 Å². The highest BCUT2D eigenvalue weighted by Crippen LogP contribution is 2.33. The van der Waals surface area contributed by atoms with Gasteiger partial charge in [-0.3, -0.25) is 0 Å².